The predicted octanol–water partition coefficient (Wildman–Crippen LogP) is 2.35. The summed E-state index contributed by atoms with van der Waals surface area (Å²) in [5.74, 6) is 0.0570. The molecule has 0 bridgehead atoms. The highest BCUT2D eigenvalue weighted by Crippen LogP contribution is 2.17. The average Bonchev–Trinajstić information content (AvgIpc) is 3.10. The largest absolute Gasteiger partial charge is 0.368 e. The molecule has 1 unspecified atom stereocenters. The van der Waals surface area contributed by atoms with Crippen LogP contribution < -0.4 is 5.32 Å². The van der Waals surface area contributed by atoms with E-state index in [0.29, 0.717) is 25.3 Å². The minimum atomic E-state index is -0.280. The van der Waals surface area contributed by atoms with Crippen LogP contribution in [0.15, 0.2) is 28.7 Å². The zero-order chi connectivity index (χ0) is 16.2. The quantitative estimate of drug-likeness (QED) is 0.875. The van der Waals surface area contributed by atoms with Gasteiger partial charge in [-0.15, -0.1) is 0 Å². The molecule has 124 valence electrons. The van der Waals surface area contributed by atoms with E-state index in [4.69, 9.17) is 4.74 Å². The Morgan fingerprint density at radius 1 is 1.13 bits per heavy atom. The molecule has 1 aromatic rings. The van der Waals surface area contributed by atoms with Gasteiger partial charge in [0.25, 0.3) is 5.91 Å². The first-order chi connectivity index (χ1) is 11.1. The Bertz CT molecular complexity index is 562. The SMILES string of the molecule is O=C(NC1CCN(C(=O)c2ccc(Br)cc2)CC1)C1CCCO1. The number of rotatable bonds is 3. The zero-order valence-corrected chi connectivity index (χ0v) is 14.5. The lowest BCUT2D eigenvalue weighted by atomic mass is 10.0. The van der Waals surface area contributed by atoms with E-state index in [1.807, 2.05) is 29.2 Å². The molecule has 2 fully saturated rings. The molecule has 1 aromatic carbocycles. The number of ether oxygens (including phenoxy) is 1. The van der Waals surface area contributed by atoms with Gasteiger partial charge < -0.3 is 15.0 Å². The number of amides is 2. The van der Waals surface area contributed by atoms with Crippen molar-refractivity contribution < 1.29 is 14.3 Å². The Balaban J connectivity index is 1.49. The number of hydrogen-bond donors (Lipinski definition) is 1. The van der Waals surface area contributed by atoms with Gasteiger partial charge in [0.15, 0.2) is 0 Å². The Kier molecular flexibility index (Phi) is 5.33. The van der Waals surface area contributed by atoms with Crippen molar-refractivity contribution in [2.45, 2.75) is 37.8 Å². The zero-order valence-electron chi connectivity index (χ0n) is 13.0. The number of nitrogens with zero attached hydrogens (tertiary/aromatic N) is 1. The van der Waals surface area contributed by atoms with Crippen LogP contribution >= 0.6 is 15.9 Å². The van der Waals surface area contributed by atoms with Gasteiger partial charge >= 0.3 is 0 Å². The molecule has 3 rings (SSSR count). The second-order valence-corrected chi connectivity index (χ2v) is 7.00. The summed E-state index contributed by atoms with van der Waals surface area (Å²) in [6.07, 6.45) is 3.07. The summed E-state index contributed by atoms with van der Waals surface area (Å²) < 4.78 is 6.37. The van der Waals surface area contributed by atoms with Crippen molar-refractivity contribution in [1.29, 1.82) is 0 Å². The smallest absolute Gasteiger partial charge is 0.253 e. The molecule has 2 amide bonds. The van der Waals surface area contributed by atoms with Crippen molar-refractivity contribution in [2.75, 3.05) is 19.7 Å². The van der Waals surface area contributed by atoms with E-state index in [1.54, 1.807) is 0 Å². The summed E-state index contributed by atoms with van der Waals surface area (Å²) in [6.45, 7) is 2.02. The summed E-state index contributed by atoms with van der Waals surface area (Å²) in [6, 6.07) is 7.56. The standard InChI is InChI=1S/C17H21BrN2O3/c18-13-5-3-12(4-6-13)17(22)20-9-7-14(8-10-20)19-16(21)15-2-1-11-23-15/h3-6,14-15H,1-2,7-11H2,(H,19,21). The highest BCUT2D eigenvalue weighted by atomic mass is 79.9. The van der Waals surface area contributed by atoms with Crippen LogP contribution in [0.3, 0.4) is 0 Å². The fourth-order valence-electron chi connectivity index (χ4n) is 3.08. The van der Waals surface area contributed by atoms with Crippen molar-refractivity contribution in [1.82, 2.24) is 10.2 Å². The summed E-state index contributed by atoms with van der Waals surface area (Å²) in [5, 5.41) is 3.06. The molecular formula is C17H21BrN2O3. The maximum atomic E-state index is 12.5. The normalized spacial score (nSPS) is 22.1. The van der Waals surface area contributed by atoms with E-state index < -0.39 is 0 Å². The van der Waals surface area contributed by atoms with Gasteiger partial charge in [-0.3, -0.25) is 9.59 Å². The van der Waals surface area contributed by atoms with Gasteiger partial charge in [-0.05, 0) is 49.9 Å². The molecule has 23 heavy (non-hydrogen) atoms. The molecule has 2 aliphatic rings. The van der Waals surface area contributed by atoms with Gasteiger partial charge in [0.2, 0.25) is 5.91 Å². The van der Waals surface area contributed by atoms with Gasteiger partial charge in [-0.25, -0.2) is 0 Å². The Labute approximate surface area is 144 Å². The van der Waals surface area contributed by atoms with Gasteiger partial charge in [-0.1, -0.05) is 15.9 Å². The number of carbonyl (C=O) groups is 2. The first-order valence-corrected chi connectivity index (χ1v) is 8.89. The monoisotopic (exact) mass is 380 g/mol. The topological polar surface area (TPSA) is 58.6 Å². The van der Waals surface area contributed by atoms with Crippen molar-refractivity contribution in [3.8, 4) is 0 Å². The molecule has 2 aliphatic heterocycles. The third-order valence-corrected chi connectivity index (χ3v) is 4.97. The predicted molar refractivity (Wildman–Crippen MR) is 90.2 cm³/mol. The summed E-state index contributed by atoms with van der Waals surface area (Å²) in [4.78, 5) is 26.4. The first-order valence-electron chi connectivity index (χ1n) is 8.10. The average molecular weight is 381 g/mol. The molecule has 2 saturated heterocycles. The summed E-state index contributed by atoms with van der Waals surface area (Å²) in [5.41, 5.74) is 0.704. The van der Waals surface area contributed by atoms with E-state index >= 15 is 0 Å². The van der Waals surface area contributed by atoms with Crippen LogP contribution in [0.4, 0.5) is 0 Å². The van der Waals surface area contributed by atoms with E-state index in [-0.39, 0.29) is 24.0 Å². The highest BCUT2D eigenvalue weighted by molar-refractivity contribution is 9.10. The van der Waals surface area contributed by atoms with Crippen molar-refractivity contribution in [3.05, 3.63) is 34.3 Å². The lowest BCUT2D eigenvalue weighted by molar-refractivity contribution is -0.131. The Hall–Kier alpha value is -1.40. The Morgan fingerprint density at radius 3 is 2.43 bits per heavy atom. The van der Waals surface area contributed by atoms with Crippen LogP contribution in [0, 0.1) is 0 Å². The fourth-order valence-corrected chi connectivity index (χ4v) is 3.34. The molecule has 0 spiro atoms. The van der Waals surface area contributed by atoms with Crippen molar-refractivity contribution in [3.63, 3.8) is 0 Å². The number of piperidine rings is 1. The third-order valence-electron chi connectivity index (χ3n) is 4.44. The van der Waals surface area contributed by atoms with E-state index in [0.717, 1.165) is 30.2 Å². The van der Waals surface area contributed by atoms with Crippen molar-refractivity contribution >= 4 is 27.7 Å². The molecule has 0 radical (unpaired) electrons. The first kappa shape index (κ1) is 16.5. The maximum absolute atomic E-state index is 12.5. The molecule has 0 aliphatic carbocycles. The van der Waals surface area contributed by atoms with Gasteiger partial charge in [0, 0.05) is 35.8 Å². The number of hydrogen-bond acceptors (Lipinski definition) is 3. The third kappa shape index (κ3) is 4.12. The molecule has 0 aromatic heterocycles. The van der Waals surface area contributed by atoms with E-state index in [9.17, 15) is 9.59 Å². The van der Waals surface area contributed by atoms with Crippen LogP contribution in [-0.2, 0) is 9.53 Å². The molecular weight excluding hydrogens is 360 g/mol. The summed E-state index contributed by atoms with van der Waals surface area (Å²) >= 11 is 3.37. The van der Waals surface area contributed by atoms with Crippen LogP contribution in [0.2, 0.25) is 0 Å². The number of nitrogens with one attached hydrogen (secondary N) is 1. The number of halogens is 1. The lowest BCUT2D eigenvalue weighted by Gasteiger charge is -2.33. The Morgan fingerprint density at radius 2 is 1.83 bits per heavy atom. The molecule has 6 heteroatoms. The van der Waals surface area contributed by atoms with Gasteiger partial charge in [0.1, 0.15) is 6.10 Å². The number of carbonyl (C=O) groups excluding carboxylic acids is 2. The summed E-state index contributed by atoms with van der Waals surface area (Å²) in [7, 11) is 0. The van der Waals surface area contributed by atoms with Crippen LogP contribution in [0.1, 0.15) is 36.0 Å². The second-order valence-electron chi connectivity index (χ2n) is 6.08. The molecule has 0 saturated carbocycles. The number of likely N-dealkylation sites (tertiary alicyclic amines) is 1. The molecule has 1 N–H and O–H groups in total. The molecule has 1 atom stereocenters. The van der Waals surface area contributed by atoms with Gasteiger partial charge in [-0.2, -0.15) is 0 Å². The second kappa shape index (κ2) is 7.45. The van der Waals surface area contributed by atoms with Crippen LogP contribution in [0.25, 0.3) is 0 Å². The lowest BCUT2D eigenvalue weighted by Crippen LogP contribution is -2.48. The maximum Gasteiger partial charge on any atom is 0.253 e. The van der Waals surface area contributed by atoms with E-state index in [2.05, 4.69) is 21.2 Å². The van der Waals surface area contributed by atoms with Crippen LogP contribution in [0.5, 0.6) is 0 Å². The van der Waals surface area contributed by atoms with Crippen molar-refractivity contribution in [2.24, 2.45) is 0 Å². The van der Waals surface area contributed by atoms with E-state index in [1.165, 1.54) is 0 Å². The minimum absolute atomic E-state index is 0.000172. The highest BCUT2D eigenvalue weighted by Gasteiger charge is 2.28. The molecule has 2 heterocycles. The fraction of sp³-hybridized carbons (Fsp3) is 0.529. The van der Waals surface area contributed by atoms with Crippen LogP contribution in [-0.4, -0.2) is 48.6 Å². The molecule has 5 nitrogen and oxygen atoms in total. The van der Waals surface area contributed by atoms with Gasteiger partial charge in [0.05, 0.1) is 0 Å². The number of benzene rings is 1. The minimum Gasteiger partial charge on any atom is -0.368 e.